The van der Waals surface area contributed by atoms with Crippen molar-refractivity contribution in [3.05, 3.63) is 35.9 Å². The quantitative estimate of drug-likeness (QED) is 0.846. The fourth-order valence-electron chi connectivity index (χ4n) is 2.28. The summed E-state index contributed by atoms with van der Waals surface area (Å²) in [5.74, 6) is 0.799. The molecule has 2 rings (SSSR count). The molecule has 0 radical (unpaired) electrons. The normalized spacial score (nSPS) is 19.9. The lowest BCUT2D eigenvalue weighted by Crippen LogP contribution is -2.53. The molecule has 1 aliphatic heterocycles. The molecule has 1 unspecified atom stereocenters. The summed E-state index contributed by atoms with van der Waals surface area (Å²) in [6.07, 6.45) is 0. The van der Waals surface area contributed by atoms with Crippen molar-refractivity contribution < 1.29 is 14.3 Å². The number of amides is 1. The summed E-state index contributed by atoms with van der Waals surface area (Å²) in [6.45, 7) is 2.59. The van der Waals surface area contributed by atoms with Crippen LogP contribution < -0.4 is 5.73 Å². The van der Waals surface area contributed by atoms with Gasteiger partial charge in [0, 0.05) is 18.1 Å². The Bertz CT molecular complexity index is 495. The lowest BCUT2D eigenvalue weighted by molar-refractivity contribution is -0.154. The van der Waals surface area contributed by atoms with Crippen LogP contribution in [-0.4, -0.2) is 47.5 Å². The zero-order chi connectivity index (χ0) is 15.2. The summed E-state index contributed by atoms with van der Waals surface area (Å²) >= 11 is 1.65. The van der Waals surface area contributed by atoms with Crippen molar-refractivity contribution >= 4 is 23.6 Å². The largest absolute Gasteiger partial charge is 0.464 e. The van der Waals surface area contributed by atoms with Gasteiger partial charge in [-0.25, -0.2) is 4.79 Å². The predicted octanol–water partition coefficient (Wildman–Crippen LogP) is 1.19. The van der Waals surface area contributed by atoms with Crippen molar-refractivity contribution in [2.45, 2.75) is 19.0 Å². The Morgan fingerprint density at radius 1 is 1.43 bits per heavy atom. The van der Waals surface area contributed by atoms with Gasteiger partial charge in [-0.2, -0.15) is 11.8 Å². The number of thioether (sulfide) groups is 1. The molecule has 1 heterocycles. The minimum atomic E-state index is -0.744. The van der Waals surface area contributed by atoms with Crippen molar-refractivity contribution in [1.29, 1.82) is 0 Å². The molecule has 2 N–H and O–H groups in total. The third kappa shape index (κ3) is 3.77. The van der Waals surface area contributed by atoms with Gasteiger partial charge in [0.1, 0.15) is 12.1 Å². The topological polar surface area (TPSA) is 72.6 Å². The summed E-state index contributed by atoms with van der Waals surface area (Å²) in [4.78, 5) is 26.2. The van der Waals surface area contributed by atoms with E-state index < -0.39 is 12.1 Å². The van der Waals surface area contributed by atoms with Crippen LogP contribution in [0.1, 0.15) is 18.5 Å². The second-order valence-corrected chi connectivity index (χ2v) is 5.91. The number of ether oxygens (including phenoxy) is 1. The van der Waals surface area contributed by atoms with Crippen LogP contribution in [0.5, 0.6) is 0 Å². The minimum Gasteiger partial charge on any atom is -0.464 e. The van der Waals surface area contributed by atoms with Gasteiger partial charge in [-0.05, 0) is 12.5 Å². The van der Waals surface area contributed by atoms with Gasteiger partial charge in [-0.1, -0.05) is 30.3 Å². The first-order valence-corrected chi connectivity index (χ1v) is 8.16. The molecule has 1 amide bonds. The molecule has 0 bridgehead atoms. The number of hydrogen-bond acceptors (Lipinski definition) is 5. The Hall–Kier alpha value is -1.53. The van der Waals surface area contributed by atoms with E-state index in [1.54, 1.807) is 23.6 Å². The molecular weight excluding hydrogens is 288 g/mol. The van der Waals surface area contributed by atoms with Crippen LogP contribution in [0.15, 0.2) is 30.3 Å². The van der Waals surface area contributed by atoms with E-state index in [0.717, 1.165) is 11.3 Å². The highest BCUT2D eigenvalue weighted by molar-refractivity contribution is 7.99. The second-order valence-electron chi connectivity index (χ2n) is 4.76. The number of esters is 1. The first-order chi connectivity index (χ1) is 10.1. The molecule has 0 aliphatic carbocycles. The highest BCUT2D eigenvalue weighted by Crippen LogP contribution is 2.22. The lowest BCUT2D eigenvalue weighted by atomic mass is 10.1. The van der Waals surface area contributed by atoms with Crippen LogP contribution in [0.25, 0.3) is 0 Å². The Morgan fingerprint density at radius 2 is 2.14 bits per heavy atom. The third-order valence-electron chi connectivity index (χ3n) is 3.39. The lowest BCUT2D eigenvalue weighted by Gasteiger charge is -2.35. The number of rotatable bonds is 4. The summed E-state index contributed by atoms with van der Waals surface area (Å²) in [6, 6.07) is 7.92. The Morgan fingerprint density at radius 3 is 2.81 bits per heavy atom. The summed E-state index contributed by atoms with van der Waals surface area (Å²) in [5.41, 5.74) is 6.81. The number of nitrogens with zero attached hydrogens (tertiary/aromatic N) is 1. The molecule has 1 aliphatic rings. The van der Waals surface area contributed by atoms with Gasteiger partial charge in [-0.3, -0.25) is 4.79 Å². The highest BCUT2D eigenvalue weighted by atomic mass is 32.2. The summed E-state index contributed by atoms with van der Waals surface area (Å²) in [7, 11) is 0. The van der Waals surface area contributed by atoms with Crippen LogP contribution in [0, 0.1) is 0 Å². The van der Waals surface area contributed by atoms with Crippen molar-refractivity contribution in [2.24, 2.45) is 5.73 Å². The second kappa shape index (κ2) is 7.47. The average Bonchev–Trinajstić information content (AvgIpc) is 2.54. The van der Waals surface area contributed by atoms with Crippen LogP contribution in [0.2, 0.25) is 0 Å². The monoisotopic (exact) mass is 308 g/mol. The Balaban J connectivity index is 2.13. The van der Waals surface area contributed by atoms with E-state index in [2.05, 4.69) is 0 Å². The van der Waals surface area contributed by atoms with Crippen LogP contribution in [-0.2, 0) is 14.3 Å². The van der Waals surface area contributed by atoms with Crippen molar-refractivity contribution in [1.82, 2.24) is 4.90 Å². The fraction of sp³-hybridized carbons (Fsp3) is 0.467. The molecule has 21 heavy (non-hydrogen) atoms. The Kier molecular flexibility index (Phi) is 5.64. The van der Waals surface area contributed by atoms with Crippen molar-refractivity contribution in [2.75, 3.05) is 24.7 Å². The number of nitrogens with two attached hydrogens (primary N) is 1. The van der Waals surface area contributed by atoms with Gasteiger partial charge in [0.15, 0.2) is 0 Å². The highest BCUT2D eigenvalue weighted by Gasteiger charge is 2.35. The molecule has 0 spiro atoms. The summed E-state index contributed by atoms with van der Waals surface area (Å²) in [5, 5.41) is 0. The van der Waals surface area contributed by atoms with Gasteiger partial charge < -0.3 is 15.4 Å². The molecule has 1 aromatic carbocycles. The van der Waals surface area contributed by atoms with E-state index >= 15 is 0 Å². The van der Waals surface area contributed by atoms with Gasteiger partial charge in [0.05, 0.1) is 6.61 Å². The molecule has 1 aromatic rings. The van der Waals surface area contributed by atoms with Crippen LogP contribution >= 0.6 is 11.8 Å². The molecule has 0 aromatic heterocycles. The molecule has 2 atom stereocenters. The smallest absolute Gasteiger partial charge is 0.329 e. The maximum absolute atomic E-state index is 12.6. The average molecular weight is 308 g/mol. The zero-order valence-electron chi connectivity index (χ0n) is 12.0. The molecule has 0 saturated carbocycles. The number of carbonyl (C=O) groups is 2. The van der Waals surface area contributed by atoms with E-state index in [0.29, 0.717) is 18.9 Å². The molecule has 1 fully saturated rings. The van der Waals surface area contributed by atoms with Crippen LogP contribution in [0.4, 0.5) is 0 Å². The SMILES string of the molecule is CCOC(=O)C1CSCCN1C(=O)[C@H](N)c1ccccc1. The molecule has 1 saturated heterocycles. The predicted molar refractivity (Wildman–Crippen MR) is 82.8 cm³/mol. The number of hydrogen-bond donors (Lipinski definition) is 1. The maximum atomic E-state index is 12.6. The van der Waals surface area contributed by atoms with E-state index in [-0.39, 0.29) is 11.9 Å². The molecular formula is C15H20N2O3S. The first kappa shape index (κ1) is 15.9. The van der Waals surface area contributed by atoms with Crippen molar-refractivity contribution in [3.8, 4) is 0 Å². The van der Waals surface area contributed by atoms with Crippen molar-refractivity contribution in [3.63, 3.8) is 0 Å². The minimum absolute atomic E-state index is 0.223. The van der Waals surface area contributed by atoms with E-state index in [1.165, 1.54) is 0 Å². The van der Waals surface area contributed by atoms with E-state index in [1.807, 2.05) is 30.3 Å². The van der Waals surface area contributed by atoms with E-state index in [4.69, 9.17) is 10.5 Å². The standard InChI is InChI=1S/C15H20N2O3S/c1-2-20-15(19)12-10-21-9-8-17(12)14(18)13(16)11-6-4-3-5-7-11/h3-7,12-13H,2,8-10,16H2,1H3/t12?,13-/m1/s1. The third-order valence-corrected chi connectivity index (χ3v) is 4.42. The van der Waals surface area contributed by atoms with E-state index in [9.17, 15) is 9.59 Å². The maximum Gasteiger partial charge on any atom is 0.329 e. The summed E-state index contributed by atoms with van der Waals surface area (Å²) < 4.78 is 5.06. The fourth-order valence-corrected chi connectivity index (χ4v) is 3.31. The van der Waals surface area contributed by atoms with Crippen LogP contribution in [0.3, 0.4) is 0 Å². The van der Waals surface area contributed by atoms with Gasteiger partial charge >= 0.3 is 5.97 Å². The number of carbonyl (C=O) groups excluding carboxylic acids is 2. The molecule has 6 heteroatoms. The molecule has 5 nitrogen and oxygen atoms in total. The first-order valence-electron chi connectivity index (χ1n) is 7.00. The van der Waals surface area contributed by atoms with Gasteiger partial charge in [-0.15, -0.1) is 0 Å². The van der Waals surface area contributed by atoms with Gasteiger partial charge in [0.2, 0.25) is 5.91 Å². The molecule has 114 valence electrons. The Labute approximate surface area is 128 Å². The van der Waals surface area contributed by atoms with Gasteiger partial charge in [0.25, 0.3) is 0 Å². The number of benzene rings is 1. The zero-order valence-corrected chi connectivity index (χ0v) is 12.8.